The van der Waals surface area contributed by atoms with Gasteiger partial charge in [0.25, 0.3) is 0 Å². The van der Waals surface area contributed by atoms with E-state index in [9.17, 15) is 5.11 Å². The van der Waals surface area contributed by atoms with Crippen LogP contribution in [0.2, 0.25) is 0 Å². The van der Waals surface area contributed by atoms with Crippen molar-refractivity contribution in [2.75, 3.05) is 20.3 Å². The van der Waals surface area contributed by atoms with Crippen molar-refractivity contribution in [2.45, 2.75) is 19.1 Å². The van der Waals surface area contributed by atoms with Crippen LogP contribution in [0.1, 0.15) is 12.0 Å². The minimum absolute atomic E-state index is 0.388. The average molecular weight is 286 g/mol. The van der Waals surface area contributed by atoms with Crippen molar-refractivity contribution in [2.24, 2.45) is 0 Å². The third-order valence-corrected chi connectivity index (χ3v) is 3.28. The molecule has 1 unspecified atom stereocenters. The lowest BCUT2D eigenvalue weighted by atomic mass is 10.0. The maximum absolute atomic E-state index is 9.57. The topological polar surface area (TPSA) is 54.4 Å². The van der Waals surface area contributed by atoms with Gasteiger partial charge < -0.3 is 15.2 Å². The number of hydrogen-bond donors (Lipinski definition) is 2. The van der Waals surface area contributed by atoms with Crippen LogP contribution in [0.5, 0.6) is 0 Å². The number of nitrogens with one attached hydrogen (secondary N) is 1. The second-order valence-electron chi connectivity index (χ2n) is 5.01. The van der Waals surface area contributed by atoms with E-state index in [1.54, 1.807) is 19.5 Å². The highest BCUT2D eigenvalue weighted by Gasteiger charge is 2.03. The predicted octanol–water partition coefficient (Wildman–Crippen LogP) is 2.24. The van der Waals surface area contributed by atoms with Crippen molar-refractivity contribution in [3.8, 4) is 11.1 Å². The van der Waals surface area contributed by atoms with E-state index >= 15 is 0 Å². The first-order valence-corrected chi connectivity index (χ1v) is 7.16. The lowest BCUT2D eigenvalue weighted by molar-refractivity contribution is 0.0594. The molecule has 112 valence electrons. The highest BCUT2D eigenvalue weighted by atomic mass is 16.5. The van der Waals surface area contributed by atoms with Gasteiger partial charge in [-0.25, -0.2) is 0 Å². The average Bonchev–Trinajstić information content (AvgIpc) is 2.53. The fraction of sp³-hybridized carbons (Fsp3) is 0.353. The summed E-state index contributed by atoms with van der Waals surface area (Å²) in [5.41, 5.74) is 3.59. The van der Waals surface area contributed by atoms with Gasteiger partial charge in [-0.3, -0.25) is 4.98 Å². The number of aliphatic hydroxyl groups is 1. The monoisotopic (exact) mass is 286 g/mol. The molecular weight excluding hydrogens is 264 g/mol. The number of methoxy groups -OCH3 is 1. The molecule has 2 N–H and O–H groups in total. The molecule has 0 bridgehead atoms. The summed E-state index contributed by atoms with van der Waals surface area (Å²) in [4.78, 5) is 4.04. The van der Waals surface area contributed by atoms with E-state index in [-0.39, 0.29) is 0 Å². The number of pyridine rings is 1. The zero-order valence-corrected chi connectivity index (χ0v) is 12.3. The minimum Gasteiger partial charge on any atom is -0.391 e. The van der Waals surface area contributed by atoms with Gasteiger partial charge in [0.2, 0.25) is 0 Å². The molecule has 4 heteroatoms. The van der Waals surface area contributed by atoms with Crippen molar-refractivity contribution >= 4 is 0 Å². The molecule has 21 heavy (non-hydrogen) atoms. The number of aliphatic hydroxyl groups excluding tert-OH is 1. The summed E-state index contributed by atoms with van der Waals surface area (Å²) < 4.78 is 4.90. The standard InChI is InChI=1S/C17H22N2O2/c1-21-13-17(20)7-10-19-12-14-3-2-4-16(11-14)15-5-8-18-9-6-15/h2-6,8-9,11,17,19-20H,7,10,12-13H2,1H3. The Hall–Kier alpha value is -1.75. The Morgan fingerprint density at radius 1 is 1.19 bits per heavy atom. The van der Waals surface area contributed by atoms with Crippen LogP contribution >= 0.6 is 0 Å². The molecule has 1 aromatic carbocycles. The first-order valence-electron chi connectivity index (χ1n) is 7.16. The van der Waals surface area contributed by atoms with Gasteiger partial charge in [0.05, 0.1) is 12.7 Å². The van der Waals surface area contributed by atoms with Crippen molar-refractivity contribution < 1.29 is 9.84 Å². The maximum Gasteiger partial charge on any atom is 0.0785 e. The van der Waals surface area contributed by atoms with Crippen LogP contribution in [-0.2, 0) is 11.3 Å². The van der Waals surface area contributed by atoms with Gasteiger partial charge in [-0.1, -0.05) is 18.2 Å². The molecule has 1 heterocycles. The number of hydrogen-bond acceptors (Lipinski definition) is 4. The zero-order valence-electron chi connectivity index (χ0n) is 12.3. The van der Waals surface area contributed by atoms with E-state index in [4.69, 9.17) is 4.74 Å². The normalized spacial score (nSPS) is 12.3. The third kappa shape index (κ3) is 5.27. The summed E-state index contributed by atoms with van der Waals surface area (Å²) in [6.45, 7) is 1.95. The van der Waals surface area contributed by atoms with Crippen LogP contribution in [-0.4, -0.2) is 36.5 Å². The molecule has 0 saturated heterocycles. The second-order valence-corrected chi connectivity index (χ2v) is 5.01. The Bertz CT molecular complexity index is 531. The summed E-state index contributed by atoms with van der Waals surface area (Å²) in [5, 5.41) is 12.9. The van der Waals surface area contributed by atoms with E-state index < -0.39 is 6.10 Å². The van der Waals surface area contributed by atoms with Crippen molar-refractivity contribution in [3.05, 3.63) is 54.4 Å². The highest BCUT2D eigenvalue weighted by Crippen LogP contribution is 2.19. The summed E-state index contributed by atoms with van der Waals surface area (Å²) in [6.07, 6.45) is 3.90. The first-order chi connectivity index (χ1) is 10.3. The quantitative estimate of drug-likeness (QED) is 0.731. The lowest BCUT2D eigenvalue weighted by Crippen LogP contribution is -2.23. The Morgan fingerprint density at radius 2 is 2.00 bits per heavy atom. The number of benzene rings is 1. The predicted molar refractivity (Wildman–Crippen MR) is 83.9 cm³/mol. The fourth-order valence-corrected chi connectivity index (χ4v) is 2.18. The van der Waals surface area contributed by atoms with E-state index in [2.05, 4.69) is 34.6 Å². The molecule has 0 fully saturated rings. The van der Waals surface area contributed by atoms with Gasteiger partial charge in [-0.05, 0) is 47.9 Å². The third-order valence-electron chi connectivity index (χ3n) is 3.28. The second kappa shape index (κ2) is 8.52. The largest absolute Gasteiger partial charge is 0.391 e. The van der Waals surface area contributed by atoms with E-state index in [1.807, 2.05) is 12.1 Å². The van der Waals surface area contributed by atoms with Gasteiger partial charge >= 0.3 is 0 Å². The maximum atomic E-state index is 9.57. The Labute approximate surface area is 125 Å². The molecule has 0 aliphatic rings. The molecule has 0 amide bonds. The first kappa shape index (κ1) is 15.6. The van der Waals surface area contributed by atoms with Crippen LogP contribution < -0.4 is 5.32 Å². The molecule has 1 aromatic heterocycles. The van der Waals surface area contributed by atoms with E-state index in [0.717, 1.165) is 13.1 Å². The highest BCUT2D eigenvalue weighted by molar-refractivity contribution is 5.63. The molecule has 0 saturated carbocycles. The minimum atomic E-state index is -0.398. The summed E-state index contributed by atoms with van der Waals surface area (Å²) >= 11 is 0. The van der Waals surface area contributed by atoms with Crippen molar-refractivity contribution in [1.29, 1.82) is 0 Å². The Morgan fingerprint density at radius 3 is 2.76 bits per heavy atom. The van der Waals surface area contributed by atoms with Gasteiger partial charge in [0, 0.05) is 26.0 Å². The molecule has 2 aromatic rings. The van der Waals surface area contributed by atoms with Crippen LogP contribution in [0.4, 0.5) is 0 Å². The smallest absolute Gasteiger partial charge is 0.0785 e. The van der Waals surface area contributed by atoms with E-state index in [0.29, 0.717) is 13.0 Å². The summed E-state index contributed by atoms with van der Waals surface area (Å²) in [7, 11) is 1.60. The van der Waals surface area contributed by atoms with Crippen LogP contribution in [0.25, 0.3) is 11.1 Å². The molecule has 0 spiro atoms. The SMILES string of the molecule is COCC(O)CCNCc1cccc(-c2ccncc2)c1. The molecule has 2 rings (SSSR count). The number of rotatable bonds is 8. The fourth-order valence-electron chi connectivity index (χ4n) is 2.18. The van der Waals surface area contributed by atoms with E-state index in [1.165, 1.54) is 16.7 Å². The zero-order chi connectivity index (χ0) is 14.9. The summed E-state index contributed by atoms with van der Waals surface area (Å²) in [5.74, 6) is 0. The number of aromatic nitrogens is 1. The molecule has 0 aliphatic carbocycles. The van der Waals surface area contributed by atoms with Gasteiger partial charge in [0.15, 0.2) is 0 Å². The number of ether oxygens (including phenoxy) is 1. The lowest BCUT2D eigenvalue weighted by Gasteiger charge is -2.10. The number of nitrogens with zero attached hydrogens (tertiary/aromatic N) is 1. The van der Waals surface area contributed by atoms with Gasteiger partial charge in [0.1, 0.15) is 0 Å². The van der Waals surface area contributed by atoms with Gasteiger partial charge in [-0.15, -0.1) is 0 Å². The van der Waals surface area contributed by atoms with Crippen LogP contribution in [0, 0.1) is 0 Å². The molecule has 0 aliphatic heterocycles. The van der Waals surface area contributed by atoms with Crippen molar-refractivity contribution in [1.82, 2.24) is 10.3 Å². The summed E-state index contributed by atoms with van der Waals surface area (Å²) in [6, 6.07) is 12.5. The van der Waals surface area contributed by atoms with Gasteiger partial charge in [-0.2, -0.15) is 0 Å². The molecule has 4 nitrogen and oxygen atoms in total. The molecule has 1 atom stereocenters. The Balaban J connectivity index is 1.85. The Kier molecular flexibility index (Phi) is 6.34. The van der Waals surface area contributed by atoms with Crippen LogP contribution in [0.15, 0.2) is 48.8 Å². The van der Waals surface area contributed by atoms with Crippen LogP contribution in [0.3, 0.4) is 0 Å². The molecular formula is C17H22N2O2. The van der Waals surface area contributed by atoms with Crippen molar-refractivity contribution in [3.63, 3.8) is 0 Å². The molecule has 0 radical (unpaired) electrons.